The summed E-state index contributed by atoms with van der Waals surface area (Å²) in [5, 5.41) is 19.6. The van der Waals surface area contributed by atoms with E-state index >= 15 is 0 Å². The van der Waals surface area contributed by atoms with Gasteiger partial charge in [0, 0.05) is 37.8 Å². The molecule has 0 bridgehead atoms. The van der Waals surface area contributed by atoms with Crippen molar-refractivity contribution in [3.63, 3.8) is 0 Å². The maximum atomic E-state index is 11.5. The number of nitrogens with zero attached hydrogens (tertiary/aromatic N) is 2. The van der Waals surface area contributed by atoms with E-state index in [1.54, 1.807) is 0 Å². The number of nitro benzene ring substituents is 1. The zero-order valence-corrected chi connectivity index (χ0v) is 16.4. The van der Waals surface area contributed by atoms with Gasteiger partial charge in [0.05, 0.1) is 15.4 Å². The second kappa shape index (κ2) is 7.34. The van der Waals surface area contributed by atoms with Crippen LogP contribution in [-0.4, -0.2) is 55.6 Å². The van der Waals surface area contributed by atoms with E-state index in [-0.39, 0.29) is 22.2 Å². The molecule has 0 saturated carbocycles. The molecule has 0 radical (unpaired) electrons. The van der Waals surface area contributed by atoms with Crippen LogP contribution in [0.25, 0.3) is 0 Å². The Hall–Kier alpha value is -1.75. The lowest BCUT2D eigenvalue weighted by Gasteiger charge is -2.39. The van der Waals surface area contributed by atoms with Crippen LogP contribution in [-0.2, 0) is 14.8 Å². The molecular formula is C17H26N4O5S. The van der Waals surface area contributed by atoms with E-state index in [0.29, 0.717) is 11.7 Å². The summed E-state index contributed by atoms with van der Waals surface area (Å²) in [6.45, 7) is 6.64. The lowest BCUT2D eigenvalue weighted by Crippen LogP contribution is -2.45. The number of nitro groups is 1. The highest BCUT2D eigenvalue weighted by atomic mass is 32.2. The van der Waals surface area contributed by atoms with Crippen LogP contribution in [0.2, 0.25) is 0 Å². The molecule has 0 aromatic heterocycles. The van der Waals surface area contributed by atoms with Gasteiger partial charge in [-0.1, -0.05) is 0 Å². The standard InChI is InChI=1S/C17H26N4O5S/c1-17(2)10-13(6-8-26-17)20-7-5-12(11-20)19-15-4-3-14(27(18,24)25)9-16(15)21(22)23/h3-4,9,12-13,19H,5-8,10-11H2,1-2H3,(H2,18,24,25). The first kappa shape index (κ1) is 20.0. The molecule has 2 unspecified atom stereocenters. The third kappa shape index (κ3) is 4.75. The van der Waals surface area contributed by atoms with Crippen molar-refractivity contribution in [1.29, 1.82) is 0 Å². The maximum absolute atomic E-state index is 11.5. The van der Waals surface area contributed by atoms with E-state index in [9.17, 15) is 18.5 Å². The first-order valence-corrected chi connectivity index (χ1v) is 10.6. The number of primary sulfonamides is 1. The number of likely N-dealkylation sites (tertiary alicyclic amines) is 1. The van der Waals surface area contributed by atoms with Crippen molar-refractivity contribution in [2.45, 2.75) is 55.7 Å². The normalized spacial score (nSPS) is 26.0. The topological polar surface area (TPSA) is 128 Å². The van der Waals surface area contributed by atoms with Crippen molar-refractivity contribution in [2.24, 2.45) is 5.14 Å². The molecule has 2 saturated heterocycles. The molecule has 2 aliphatic heterocycles. The lowest BCUT2D eigenvalue weighted by atomic mass is 9.93. The maximum Gasteiger partial charge on any atom is 0.293 e. The highest BCUT2D eigenvalue weighted by molar-refractivity contribution is 7.89. The van der Waals surface area contributed by atoms with E-state index in [1.807, 2.05) is 0 Å². The first-order valence-electron chi connectivity index (χ1n) is 9.01. The number of benzene rings is 1. The average Bonchev–Trinajstić information content (AvgIpc) is 3.01. The van der Waals surface area contributed by atoms with E-state index in [2.05, 4.69) is 24.1 Å². The van der Waals surface area contributed by atoms with Crippen molar-refractivity contribution >= 4 is 21.4 Å². The summed E-state index contributed by atoms with van der Waals surface area (Å²) in [5.74, 6) is 0. The summed E-state index contributed by atoms with van der Waals surface area (Å²) in [5.41, 5.74) is -0.102. The van der Waals surface area contributed by atoms with Crippen molar-refractivity contribution in [2.75, 3.05) is 25.0 Å². The molecular weight excluding hydrogens is 372 g/mol. The van der Waals surface area contributed by atoms with Crippen LogP contribution >= 0.6 is 0 Å². The Morgan fingerprint density at radius 1 is 1.37 bits per heavy atom. The van der Waals surface area contributed by atoms with Gasteiger partial charge in [-0.05, 0) is 45.2 Å². The van der Waals surface area contributed by atoms with Crippen LogP contribution in [0.5, 0.6) is 0 Å². The van der Waals surface area contributed by atoms with Crippen molar-refractivity contribution in [3.05, 3.63) is 28.3 Å². The summed E-state index contributed by atoms with van der Waals surface area (Å²) >= 11 is 0. The van der Waals surface area contributed by atoms with Gasteiger partial charge in [-0.2, -0.15) is 0 Å². The molecule has 3 N–H and O–H groups in total. The summed E-state index contributed by atoms with van der Waals surface area (Å²) in [4.78, 5) is 12.9. The van der Waals surface area contributed by atoms with E-state index < -0.39 is 14.9 Å². The highest BCUT2D eigenvalue weighted by Gasteiger charge is 2.36. The Kier molecular flexibility index (Phi) is 5.44. The van der Waals surface area contributed by atoms with Gasteiger partial charge in [0.1, 0.15) is 5.69 Å². The second-order valence-corrected chi connectivity index (χ2v) is 9.42. The van der Waals surface area contributed by atoms with Crippen LogP contribution in [0.15, 0.2) is 23.1 Å². The van der Waals surface area contributed by atoms with Gasteiger partial charge in [0.25, 0.3) is 5.69 Å². The van der Waals surface area contributed by atoms with Gasteiger partial charge in [0.2, 0.25) is 10.0 Å². The minimum atomic E-state index is -3.99. The molecule has 0 amide bonds. The second-order valence-electron chi connectivity index (χ2n) is 7.86. The number of anilines is 1. The fourth-order valence-electron chi connectivity index (χ4n) is 3.93. The number of ether oxygens (including phenoxy) is 1. The van der Waals surface area contributed by atoms with Crippen LogP contribution in [0.1, 0.15) is 33.1 Å². The molecule has 0 aliphatic carbocycles. The summed E-state index contributed by atoms with van der Waals surface area (Å²) in [6.07, 6.45) is 2.81. The Labute approximate surface area is 159 Å². The average molecular weight is 398 g/mol. The smallest absolute Gasteiger partial charge is 0.293 e. The fraction of sp³-hybridized carbons (Fsp3) is 0.647. The van der Waals surface area contributed by atoms with E-state index in [4.69, 9.17) is 9.88 Å². The SMILES string of the molecule is CC1(C)CC(N2CCC(Nc3ccc(S(N)(=O)=O)cc3[N+](=O)[O-])C2)CCO1. The zero-order chi connectivity index (χ0) is 19.8. The summed E-state index contributed by atoms with van der Waals surface area (Å²) < 4.78 is 28.7. The molecule has 2 heterocycles. The van der Waals surface area contributed by atoms with Crippen LogP contribution < -0.4 is 10.5 Å². The Morgan fingerprint density at radius 3 is 2.74 bits per heavy atom. The number of hydrogen-bond acceptors (Lipinski definition) is 7. The molecule has 150 valence electrons. The number of rotatable bonds is 5. The van der Waals surface area contributed by atoms with Crippen molar-refractivity contribution in [1.82, 2.24) is 4.90 Å². The monoisotopic (exact) mass is 398 g/mol. The molecule has 2 fully saturated rings. The zero-order valence-electron chi connectivity index (χ0n) is 15.6. The van der Waals surface area contributed by atoms with Crippen molar-refractivity contribution < 1.29 is 18.1 Å². The number of nitrogens with one attached hydrogen (secondary N) is 1. The van der Waals surface area contributed by atoms with E-state index in [0.717, 1.165) is 45.0 Å². The van der Waals surface area contributed by atoms with E-state index in [1.165, 1.54) is 12.1 Å². The molecule has 9 nitrogen and oxygen atoms in total. The number of nitrogens with two attached hydrogens (primary N) is 1. The third-order valence-electron chi connectivity index (χ3n) is 5.26. The molecule has 27 heavy (non-hydrogen) atoms. The minimum absolute atomic E-state index is 0.0648. The lowest BCUT2D eigenvalue weighted by molar-refractivity contribution is -0.384. The number of hydrogen-bond donors (Lipinski definition) is 2. The predicted molar refractivity (Wildman–Crippen MR) is 101 cm³/mol. The van der Waals surface area contributed by atoms with Gasteiger partial charge in [-0.15, -0.1) is 0 Å². The van der Waals surface area contributed by atoms with Crippen molar-refractivity contribution in [3.8, 4) is 0 Å². The van der Waals surface area contributed by atoms with Gasteiger partial charge >= 0.3 is 0 Å². The molecule has 2 atom stereocenters. The Bertz CT molecular complexity index is 827. The van der Waals surface area contributed by atoms with Gasteiger partial charge in [-0.25, -0.2) is 13.6 Å². The molecule has 2 aliphatic rings. The molecule has 1 aromatic carbocycles. The van der Waals surface area contributed by atoms with Gasteiger partial charge in [-0.3, -0.25) is 15.0 Å². The third-order valence-corrected chi connectivity index (χ3v) is 6.17. The van der Waals surface area contributed by atoms with Crippen LogP contribution in [0, 0.1) is 10.1 Å². The minimum Gasteiger partial charge on any atom is -0.375 e. The quantitative estimate of drug-likeness (QED) is 0.570. The highest BCUT2D eigenvalue weighted by Crippen LogP contribution is 2.32. The summed E-state index contributed by atoms with van der Waals surface area (Å²) in [6, 6.07) is 4.22. The Balaban J connectivity index is 1.70. The predicted octanol–water partition coefficient (Wildman–Crippen LogP) is 1.69. The van der Waals surface area contributed by atoms with Gasteiger partial charge in [0.15, 0.2) is 0 Å². The number of sulfonamides is 1. The van der Waals surface area contributed by atoms with Gasteiger partial charge < -0.3 is 10.1 Å². The Morgan fingerprint density at radius 2 is 2.11 bits per heavy atom. The molecule has 1 aromatic rings. The largest absolute Gasteiger partial charge is 0.375 e. The molecule has 3 rings (SSSR count). The summed E-state index contributed by atoms with van der Waals surface area (Å²) in [7, 11) is -3.99. The van der Waals surface area contributed by atoms with Crippen LogP contribution in [0.3, 0.4) is 0 Å². The first-order chi connectivity index (χ1) is 12.5. The van der Waals surface area contributed by atoms with Crippen LogP contribution in [0.4, 0.5) is 11.4 Å². The molecule has 10 heteroatoms. The molecule has 0 spiro atoms. The fourth-order valence-corrected chi connectivity index (χ4v) is 4.46.